The summed E-state index contributed by atoms with van der Waals surface area (Å²) in [5.41, 5.74) is 1.80. The Morgan fingerprint density at radius 1 is 1.03 bits per heavy atom. The number of ether oxygens (including phenoxy) is 3. The van der Waals surface area contributed by atoms with Crippen molar-refractivity contribution >= 4 is 34.9 Å². The van der Waals surface area contributed by atoms with E-state index in [1.165, 1.54) is 11.8 Å². The minimum atomic E-state index is 0.0900. The van der Waals surface area contributed by atoms with Gasteiger partial charge in [0.1, 0.15) is 18.2 Å². The molecule has 32 heavy (non-hydrogen) atoms. The van der Waals surface area contributed by atoms with Gasteiger partial charge in [-0.1, -0.05) is 53.7 Å². The molecule has 0 saturated carbocycles. The average Bonchev–Trinajstić information content (AvgIpc) is 2.79. The molecule has 0 fully saturated rings. The van der Waals surface area contributed by atoms with Gasteiger partial charge in [-0.25, -0.2) is 9.97 Å². The summed E-state index contributed by atoms with van der Waals surface area (Å²) >= 11 is 7.50. The summed E-state index contributed by atoms with van der Waals surface area (Å²) in [6, 6.07) is 15.5. The lowest BCUT2D eigenvalue weighted by atomic mass is 10.2. The van der Waals surface area contributed by atoms with Crippen LogP contribution in [0.3, 0.4) is 0 Å². The first-order valence-corrected chi connectivity index (χ1v) is 11.6. The maximum absolute atomic E-state index is 9.51. The topological polar surface area (TPSA) is 89.3 Å². The van der Waals surface area contributed by atoms with Crippen molar-refractivity contribution in [3.8, 4) is 23.3 Å². The van der Waals surface area contributed by atoms with Gasteiger partial charge in [0.05, 0.1) is 13.2 Å². The predicted octanol–water partition coefficient (Wildman–Crippen LogP) is 5.84. The SMILES string of the molecule is CCOc1cc(Nc2nc(SC)nc(Cl)c2C#N)cc(OCC)c1OCc1ccccc1. The van der Waals surface area contributed by atoms with Crippen molar-refractivity contribution in [3.05, 3.63) is 58.7 Å². The van der Waals surface area contributed by atoms with E-state index >= 15 is 0 Å². The van der Waals surface area contributed by atoms with Crippen LogP contribution >= 0.6 is 23.4 Å². The lowest BCUT2D eigenvalue weighted by molar-refractivity contribution is 0.245. The maximum Gasteiger partial charge on any atom is 0.204 e. The zero-order chi connectivity index (χ0) is 22.9. The number of anilines is 2. The first-order chi connectivity index (χ1) is 15.6. The molecule has 7 nitrogen and oxygen atoms in total. The van der Waals surface area contributed by atoms with E-state index < -0.39 is 0 Å². The van der Waals surface area contributed by atoms with Crippen LogP contribution in [0.4, 0.5) is 11.5 Å². The molecule has 0 aliphatic heterocycles. The number of hydrogen-bond acceptors (Lipinski definition) is 8. The second kappa shape index (κ2) is 11.5. The largest absolute Gasteiger partial charge is 0.490 e. The molecule has 3 aromatic rings. The molecule has 0 aliphatic carbocycles. The van der Waals surface area contributed by atoms with Gasteiger partial charge in [0.15, 0.2) is 27.6 Å². The Morgan fingerprint density at radius 3 is 2.25 bits per heavy atom. The number of aromatic nitrogens is 2. The van der Waals surface area contributed by atoms with E-state index in [4.69, 9.17) is 25.8 Å². The van der Waals surface area contributed by atoms with Gasteiger partial charge in [0.2, 0.25) is 5.75 Å². The molecule has 0 bridgehead atoms. The van der Waals surface area contributed by atoms with Gasteiger partial charge in [-0.3, -0.25) is 0 Å². The van der Waals surface area contributed by atoms with Gasteiger partial charge >= 0.3 is 0 Å². The lowest BCUT2D eigenvalue weighted by Crippen LogP contribution is -2.05. The fourth-order valence-electron chi connectivity index (χ4n) is 2.88. The van der Waals surface area contributed by atoms with Crippen LogP contribution in [0, 0.1) is 11.3 Å². The van der Waals surface area contributed by atoms with E-state index in [9.17, 15) is 5.26 Å². The molecule has 1 heterocycles. The molecule has 0 atom stereocenters. The monoisotopic (exact) mass is 470 g/mol. The third kappa shape index (κ3) is 5.75. The van der Waals surface area contributed by atoms with Crippen LogP contribution < -0.4 is 19.5 Å². The fraction of sp³-hybridized carbons (Fsp3) is 0.261. The van der Waals surface area contributed by atoms with Crippen molar-refractivity contribution in [1.29, 1.82) is 5.26 Å². The van der Waals surface area contributed by atoms with E-state index in [1.807, 2.05) is 56.5 Å². The Bertz CT molecular complexity index is 1080. The third-order valence-electron chi connectivity index (χ3n) is 4.25. The first kappa shape index (κ1) is 23.5. The molecular formula is C23H23ClN4O3S. The molecule has 9 heteroatoms. The Morgan fingerprint density at radius 2 is 1.69 bits per heavy atom. The first-order valence-electron chi connectivity index (χ1n) is 9.98. The molecular weight excluding hydrogens is 448 g/mol. The summed E-state index contributed by atoms with van der Waals surface area (Å²) in [6.07, 6.45) is 1.83. The third-order valence-corrected chi connectivity index (χ3v) is 5.07. The highest BCUT2D eigenvalue weighted by Crippen LogP contribution is 2.42. The quantitative estimate of drug-likeness (QED) is 0.224. The normalized spacial score (nSPS) is 10.3. The average molecular weight is 471 g/mol. The highest BCUT2D eigenvalue weighted by Gasteiger charge is 2.18. The summed E-state index contributed by atoms with van der Waals surface area (Å²) in [6.45, 7) is 5.03. The van der Waals surface area contributed by atoms with Crippen LogP contribution in [0.15, 0.2) is 47.6 Å². The van der Waals surface area contributed by atoms with Crippen molar-refractivity contribution < 1.29 is 14.2 Å². The van der Waals surface area contributed by atoms with Crippen LogP contribution in [-0.2, 0) is 6.61 Å². The van der Waals surface area contributed by atoms with Crippen LogP contribution in [-0.4, -0.2) is 29.4 Å². The van der Waals surface area contributed by atoms with Gasteiger partial charge in [0.25, 0.3) is 0 Å². The molecule has 1 aromatic heterocycles. The van der Waals surface area contributed by atoms with Gasteiger partial charge in [-0.15, -0.1) is 0 Å². The van der Waals surface area contributed by atoms with E-state index in [-0.39, 0.29) is 10.7 Å². The molecule has 0 amide bonds. The molecule has 2 aromatic carbocycles. The summed E-state index contributed by atoms with van der Waals surface area (Å²) in [4.78, 5) is 8.50. The number of halogens is 1. The number of nitrogens with zero attached hydrogens (tertiary/aromatic N) is 3. The second-order valence-corrected chi connectivity index (χ2v) is 7.53. The van der Waals surface area contributed by atoms with Crippen LogP contribution in [0.2, 0.25) is 5.15 Å². The minimum Gasteiger partial charge on any atom is -0.490 e. The van der Waals surface area contributed by atoms with Gasteiger partial charge in [-0.2, -0.15) is 5.26 Å². The summed E-state index contributed by atoms with van der Waals surface area (Å²) < 4.78 is 17.8. The number of rotatable bonds is 10. The maximum atomic E-state index is 9.51. The van der Waals surface area contributed by atoms with E-state index in [0.717, 1.165) is 5.56 Å². The van der Waals surface area contributed by atoms with E-state index in [1.54, 1.807) is 12.1 Å². The smallest absolute Gasteiger partial charge is 0.204 e. The Balaban J connectivity index is 1.99. The number of hydrogen-bond donors (Lipinski definition) is 1. The summed E-state index contributed by atoms with van der Waals surface area (Å²) in [5.74, 6) is 1.84. The lowest BCUT2D eigenvalue weighted by Gasteiger charge is -2.18. The van der Waals surface area contributed by atoms with Gasteiger partial charge in [0, 0.05) is 17.8 Å². The van der Waals surface area contributed by atoms with Crippen molar-refractivity contribution in [2.75, 3.05) is 24.8 Å². The molecule has 3 rings (SSSR count). The van der Waals surface area contributed by atoms with Crippen molar-refractivity contribution in [1.82, 2.24) is 9.97 Å². The highest BCUT2D eigenvalue weighted by atomic mass is 35.5. The standard InChI is InChI=1S/C23H23ClN4O3S/c1-4-29-18-11-16(26-22-17(13-25)21(24)27-23(28-22)32-3)12-19(30-5-2)20(18)31-14-15-9-7-6-8-10-15/h6-12H,4-5,14H2,1-3H3,(H,26,27,28). The second-order valence-electron chi connectivity index (χ2n) is 6.40. The number of thioether (sulfide) groups is 1. The van der Waals surface area contributed by atoms with Crippen LogP contribution in [0.5, 0.6) is 17.2 Å². The van der Waals surface area contributed by atoms with E-state index in [2.05, 4.69) is 15.3 Å². The molecule has 0 unspecified atom stereocenters. The Hall–Kier alpha value is -3.15. The Labute approximate surface area is 196 Å². The Kier molecular flexibility index (Phi) is 8.42. The zero-order valence-corrected chi connectivity index (χ0v) is 19.6. The fourth-order valence-corrected chi connectivity index (χ4v) is 3.50. The van der Waals surface area contributed by atoms with Crippen molar-refractivity contribution in [3.63, 3.8) is 0 Å². The summed E-state index contributed by atoms with van der Waals surface area (Å²) in [7, 11) is 0. The minimum absolute atomic E-state index is 0.0900. The molecule has 0 saturated heterocycles. The molecule has 166 valence electrons. The number of benzene rings is 2. The van der Waals surface area contributed by atoms with E-state index in [0.29, 0.717) is 53.7 Å². The van der Waals surface area contributed by atoms with Gasteiger partial charge in [-0.05, 0) is 25.7 Å². The summed E-state index contributed by atoms with van der Waals surface area (Å²) in [5, 5.41) is 13.2. The molecule has 1 N–H and O–H groups in total. The van der Waals surface area contributed by atoms with Crippen molar-refractivity contribution in [2.24, 2.45) is 0 Å². The van der Waals surface area contributed by atoms with Crippen LogP contribution in [0.25, 0.3) is 0 Å². The number of nitriles is 1. The van der Waals surface area contributed by atoms with Crippen LogP contribution in [0.1, 0.15) is 25.0 Å². The highest BCUT2D eigenvalue weighted by molar-refractivity contribution is 7.98. The molecule has 0 radical (unpaired) electrons. The molecule has 0 aliphatic rings. The zero-order valence-electron chi connectivity index (χ0n) is 18.0. The van der Waals surface area contributed by atoms with Gasteiger partial charge < -0.3 is 19.5 Å². The van der Waals surface area contributed by atoms with Crippen molar-refractivity contribution in [2.45, 2.75) is 25.6 Å². The number of nitrogens with one attached hydrogen (secondary N) is 1. The predicted molar refractivity (Wildman–Crippen MR) is 126 cm³/mol. The molecule has 0 spiro atoms.